The summed E-state index contributed by atoms with van der Waals surface area (Å²) in [6.45, 7) is 1.11. The van der Waals surface area contributed by atoms with E-state index in [9.17, 15) is 10.4 Å². The lowest BCUT2D eigenvalue weighted by atomic mass is 9.89. The van der Waals surface area contributed by atoms with Gasteiger partial charge in [-0.25, -0.2) is 0 Å². The number of aromatic amines is 1. The average Bonchev–Trinajstić information content (AvgIpc) is 3.02. The molecule has 2 N–H and O–H groups in total. The van der Waals surface area contributed by atoms with Crippen LogP contribution in [0.15, 0.2) is 24.4 Å². The summed E-state index contributed by atoms with van der Waals surface area (Å²) < 4.78 is 0. The van der Waals surface area contributed by atoms with E-state index in [-0.39, 0.29) is 0 Å². The summed E-state index contributed by atoms with van der Waals surface area (Å²) in [5, 5.41) is 30.9. The molecule has 1 aromatic carbocycles. The van der Waals surface area contributed by atoms with Gasteiger partial charge in [-0.15, -0.1) is 0 Å². The van der Waals surface area contributed by atoms with Crippen molar-refractivity contribution in [3.05, 3.63) is 40.7 Å². The van der Waals surface area contributed by atoms with E-state index >= 15 is 0 Å². The lowest BCUT2D eigenvalue weighted by Crippen LogP contribution is -2.46. The van der Waals surface area contributed by atoms with E-state index in [1.54, 1.807) is 18.2 Å². The van der Waals surface area contributed by atoms with Gasteiger partial charge in [0.05, 0.1) is 24.0 Å². The Morgan fingerprint density at radius 1 is 1.48 bits per heavy atom. The number of benzene rings is 1. The Morgan fingerprint density at radius 3 is 3.05 bits per heavy atom. The first-order valence-corrected chi connectivity index (χ1v) is 7.03. The summed E-state index contributed by atoms with van der Waals surface area (Å²) in [5.74, 6) is 0. The van der Waals surface area contributed by atoms with Crippen molar-refractivity contribution in [2.45, 2.75) is 18.4 Å². The molecule has 1 aliphatic rings. The monoisotopic (exact) mass is 303 g/mol. The maximum atomic E-state index is 10.8. The average molecular weight is 304 g/mol. The van der Waals surface area contributed by atoms with Crippen molar-refractivity contribution in [3.8, 4) is 6.07 Å². The molecule has 2 aromatic rings. The minimum Gasteiger partial charge on any atom is -0.382 e. The van der Waals surface area contributed by atoms with Crippen molar-refractivity contribution >= 4 is 17.3 Å². The number of piperidine rings is 1. The van der Waals surface area contributed by atoms with Crippen molar-refractivity contribution in [2.75, 3.05) is 18.0 Å². The van der Waals surface area contributed by atoms with Gasteiger partial charge < -0.3 is 10.0 Å². The van der Waals surface area contributed by atoms with Gasteiger partial charge in [0, 0.05) is 11.6 Å². The van der Waals surface area contributed by atoms with E-state index in [0.29, 0.717) is 29.2 Å². The third kappa shape index (κ3) is 2.58. The van der Waals surface area contributed by atoms with Crippen molar-refractivity contribution in [1.29, 1.82) is 5.26 Å². The molecule has 0 aliphatic carbocycles. The van der Waals surface area contributed by atoms with Crippen LogP contribution in [0.2, 0.25) is 5.02 Å². The van der Waals surface area contributed by atoms with Gasteiger partial charge in [-0.1, -0.05) is 11.6 Å². The Hall–Kier alpha value is -2.10. The molecular formula is C14H14ClN5O. The number of nitrogens with one attached hydrogen (secondary N) is 1. The molecule has 108 valence electrons. The van der Waals surface area contributed by atoms with Crippen molar-refractivity contribution in [1.82, 2.24) is 15.4 Å². The van der Waals surface area contributed by atoms with Crippen LogP contribution in [0.5, 0.6) is 0 Å². The van der Waals surface area contributed by atoms with Crippen LogP contribution < -0.4 is 4.90 Å². The zero-order valence-electron chi connectivity index (χ0n) is 11.3. The molecule has 0 spiro atoms. The number of nitrogens with zero attached hydrogens (tertiary/aromatic N) is 4. The number of hydrogen-bond acceptors (Lipinski definition) is 5. The Balaban J connectivity index is 1.94. The van der Waals surface area contributed by atoms with E-state index in [0.717, 1.165) is 18.7 Å². The van der Waals surface area contributed by atoms with E-state index < -0.39 is 5.60 Å². The molecule has 1 fully saturated rings. The fourth-order valence-corrected chi connectivity index (χ4v) is 2.90. The van der Waals surface area contributed by atoms with Crippen LogP contribution in [0, 0.1) is 11.3 Å². The number of hydrogen-bond donors (Lipinski definition) is 2. The normalized spacial score (nSPS) is 22.0. The summed E-state index contributed by atoms with van der Waals surface area (Å²) in [6, 6.07) is 7.31. The van der Waals surface area contributed by atoms with Gasteiger partial charge >= 0.3 is 0 Å². The SMILES string of the molecule is N#Cc1ccc(Cl)cc1N1CCC[C@@](O)(c2cn[nH]n2)C1. The summed E-state index contributed by atoms with van der Waals surface area (Å²) in [4.78, 5) is 1.97. The van der Waals surface area contributed by atoms with Crippen LogP contribution in [0.4, 0.5) is 5.69 Å². The van der Waals surface area contributed by atoms with E-state index in [2.05, 4.69) is 21.5 Å². The molecule has 1 aliphatic heterocycles. The second-order valence-electron chi connectivity index (χ2n) is 5.19. The summed E-state index contributed by atoms with van der Waals surface area (Å²) >= 11 is 6.04. The first-order valence-electron chi connectivity index (χ1n) is 6.66. The summed E-state index contributed by atoms with van der Waals surface area (Å²) in [6.07, 6.45) is 2.94. The third-order valence-electron chi connectivity index (χ3n) is 3.78. The van der Waals surface area contributed by atoms with Gasteiger partial charge in [0.1, 0.15) is 17.4 Å². The molecule has 0 saturated carbocycles. The predicted octanol–water partition coefficient (Wildman–Crippen LogP) is 1.82. The molecule has 0 bridgehead atoms. The van der Waals surface area contributed by atoms with Crippen LogP contribution in [-0.4, -0.2) is 33.6 Å². The number of H-pyrrole nitrogens is 1. The number of nitriles is 1. The van der Waals surface area contributed by atoms with Crippen LogP contribution in [0.25, 0.3) is 0 Å². The highest BCUT2D eigenvalue weighted by molar-refractivity contribution is 6.30. The smallest absolute Gasteiger partial charge is 0.127 e. The maximum Gasteiger partial charge on any atom is 0.127 e. The summed E-state index contributed by atoms with van der Waals surface area (Å²) in [5.41, 5.74) is 0.739. The van der Waals surface area contributed by atoms with Crippen LogP contribution in [-0.2, 0) is 5.60 Å². The first kappa shape index (κ1) is 13.9. The van der Waals surface area contributed by atoms with Crippen LogP contribution in [0.1, 0.15) is 24.1 Å². The predicted molar refractivity (Wildman–Crippen MR) is 77.9 cm³/mol. The molecular weight excluding hydrogens is 290 g/mol. The van der Waals surface area contributed by atoms with Crippen LogP contribution in [0.3, 0.4) is 0 Å². The Morgan fingerprint density at radius 2 is 2.33 bits per heavy atom. The van der Waals surface area contributed by atoms with Crippen LogP contribution >= 0.6 is 11.6 Å². The second kappa shape index (κ2) is 5.35. The molecule has 1 saturated heterocycles. The number of aromatic nitrogens is 3. The van der Waals surface area contributed by atoms with Gasteiger partial charge in [0.15, 0.2) is 0 Å². The lowest BCUT2D eigenvalue weighted by Gasteiger charge is -2.39. The number of anilines is 1. The molecule has 21 heavy (non-hydrogen) atoms. The number of β-amino-alcohol motifs (C(OH)–C–C–N with tert-alkyl or cyclic N) is 1. The highest BCUT2D eigenvalue weighted by Crippen LogP contribution is 2.34. The molecule has 0 amide bonds. The first-order chi connectivity index (χ1) is 10.1. The fraction of sp³-hybridized carbons (Fsp3) is 0.357. The lowest BCUT2D eigenvalue weighted by molar-refractivity contribution is 0.0177. The minimum atomic E-state index is -1.07. The Labute approximate surface area is 127 Å². The van der Waals surface area contributed by atoms with Crippen molar-refractivity contribution in [2.24, 2.45) is 0 Å². The second-order valence-corrected chi connectivity index (χ2v) is 5.62. The third-order valence-corrected chi connectivity index (χ3v) is 4.02. The zero-order chi connectivity index (χ0) is 14.9. The van der Waals surface area contributed by atoms with Gasteiger partial charge in [-0.3, -0.25) is 0 Å². The number of halogens is 1. The molecule has 7 heteroatoms. The standard InChI is InChI=1S/C14H14ClN5O/c15-11-3-2-10(7-16)12(6-11)20-5-1-4-14(21,9-20)13-8-17-19-18-13/h2-3,6,8,21H,1,4-5,9H2,(H,17,18,19)/t14-/m0/s1. The van der Waals surface area contributed by atoms with Gasteiger partial charge in [-0.2, -0.15) is 20.7 Å². The Bertz CT molecular complexity index is 681. The van der Waals surface area contributed by atoms with E-state index in [1.165, 1.54) is 6.20 Å². The molecule has 1 aromatic heterocycles. The highest BCUT2D eigenvalue weighted by atomic mass is 35.5. The summed E-state index contributed by atoms with van der Waals surface area (Å²) in [7, 11) is 0. The Kier molecular flexibility index (Phi) is 3.53. The molecule has 2 heterocycles. The van der Waals surface area contributed by atoms with E-state index in [1.807, 2.05) is 4.90 Å². The number of rotatable bonds is 2. The molecule has 3 rings (SSSR count). The number of aliphatic hydroxyl groups is 1. The largest absolute Gasteiger partial charge is 0.382 e. The van der Waals surface area contributed by atoms with Gasteiger partial charge in [0.25, 0.3) is 0 Å². The highest BCUT2D eigenvalue weighted by Gasteiger charge is 2.37. The van der Waals surface area contributed by atoms with Crippen molar-refractivity contribution in [3.63, 3.8) is 0 Å². The molecule has 0 radical (unpaired) electrons. The van der Waals surface area contributed by atoms with Gasteiger partial charge in [0.2, 0.25) is 0 Å². The fourth-order valence-electron chi connectivity index (χ4n) is 2.74. The zero-order valence-corrected chi connectivity index (χ0v) is 12.0. The van der Waals surface area contributed by atoms with Gasteiger partial charge in [-0.05, 0) is 31.0 Å². The minimum absolute atomic E-state index is 0.356. The van der Waals surface area contributed by atoms with E-state index in [4.69, 9.17) is 11.6 Å². The molecule has 1 atom stereocenters. The maximum absolute atomic E-state index is 10.8. The molecule has 0 unspecified atom stereocenters. The van der Waals surface area contributed by atoms with Crippen molar-refractivity contribution < 1.29 is 5.11 Å². The topological polar surface area (TPSA) is 88.8 Å². The molecule has 6 nitrogen and oxygen atoms in total. The quantitative estimate of drug-likeness (QED) is 0.883.